The van der Waals surface area contributed by atoms with E-state index in [2.05, 4.69) is 6.92 Å². The van der Waals surface area contributed by atoms with Crippen LogP contribution in [0.1, 0.15) is 25.1 Å². The molecule has 0 aliphatic carbocycles. The van der Waals surface area contributed by atoms with E-state index in [4.69, 9.17) is 4.74 Å². The molecule has 0 N–H and O–H groups in total. The number of allylic oxidation sites excluding steroid dienone is 2. The fourth-order valence-electron chi connectivity index (χ4n) is 1.99. The lowest BCUT2D eigenvalue weighted by Crippen LogP contribution is -2.39. The molecule has 0 spiro atoms. The molecule has 0 aromatic carbocycles. The van der Waals surface area contributed by atoms with E-state index in [1.54, 1.807) is 16.2 Å². The van der Waals surface area contributed by atoms with Crippen molar-refractivity contribution >= 4 is 23.1 Å². The van der Waals surface area contributed by atoms with Crippen molar-refractivity contribution in [3.05, 3.63) is 40.6 Å². The van der Waals surface area contributed by atoms with Crippen LogP contribution in [0.3, 0.4) is 0 Å². The van der Waals surface area contributed by atoms with Crippen molar-refractivity contribution in [1.29, 1.82) is 0 Å². The van der Waals surface area contributed by atoms with Gasteiger partial charge in [0.25, 0.3) is 0 Å². The Bertz CT molecular complexity index is 462. The van der Waals surface area contributed by atoms with Crippen molar-refractivity contribution in [3.8, 4) is 0 Å². The molecule has 0 saturated heterocycles. The summed E-state index contributed by atoms with van der Waals surface area (Å²) >= 11 is 1.63. The number of carbonyl (C=O) groups is 1. The molecule has 0 radical (unpaired) electrons. The van der Waals surface area contributed by atoms with Crippen LogP contribution in [0.4, 0.5) is 4.79 Å². The summed E-state index contributed by atoms with van der Waals surface area (Å²) in [6.07, 6.45) is 6.62. The normalized spacial score (nSPS) is 18.7. The van der Waals surface area contributed by atoms with Crippen LogP contribution in [0.5, 0.6) is 0 Å². The first kappa shape index (κ1) is 12.9. The van der Waals surface area contributed by atoms with Crippen molar-refractivity contribution in [2.75, 3.05) is 6.61 Å². The monoisotopic (exact) mass is 263 g/mol. The predicted octanol–water partition coefficient (Wildman–Crippen LogP) is 3.90. The van der Waals surface area contributed by atoms with Crippen LogP contribution >= 0.6 is 11.3 Å². The molecule has 1 aliphatic rings. The van der Waals surface area contributed by atoms with Gasteiger partial charge in [-0.05, 0) is 30.9 Å². The lowest BCUT2D eigenvalue weighted by molar-refractivity contribution is 0.118. The van der Waals surface area contributed by atoms with E-state index in [0.29, 0.717) is 6.61 Å². The number of amides is 1. The Balaban J connectivity index is 2.32. The molecule has 1 amide bonds. The zero-order valence-electron chi connectivity index (χ0n) is 10.6. The minimum Gasteiger partial charge on any atom is -0.449 e. The Hall–Kier alpha value is -1.55. The highest BCUT2D eigenvalue weighted by Gasteiger charge is 2.28. The van der Waals surface area contributed by atoms with E-state index >= 15 is 0 Å². The second-order valence-corrected chi connectivity index (χ2v) is 4.91. The predicted molar refractivity (Wildman–Crippen MR) is 74.4 cm³/mol. The zero-order chi connectivity index (χ0) is 13.0. The topological polar surface area (TPSA) is 29.5 Å². The smallest absolute Gasteiger partial charge is 0.414 e. The van der Waals surface area contributed by atoms with Crippen LogP contribution < -0.4 is 0 Å². The number of thiophene rings is 1. The Labute approximate surface area is 111 Å². The molecule has 18 heavy (non-hydrogen) atoms. The fraction of sp³-hybridized carbons (Fsp3) is 0.357. The van der Waals surface area contributed by atoms with Gasteiger partial charge in [-0.1, -0.05) is 25.1 Å². The van der Waals surface area contributed by atoms with Crippen LogP contribution in [0, 0.1) is 0 Å². The van der Waals surface area contributed by atoms with E-state index in [1.807, 2.05) is 42.7 Å². The maximum Gasteiger partial charge on any atom is 0.414 e. The maximum atomic E-state index is 12.1. The van der Waals surface area contributed by atoms with Gasteiger partial charge >= 0.3 is 6.09 Å². The number of hydrogen-bond donors (Lipinski definition) is 0. The van der Waals surface area contributed by atoms with Gasteiger partial charge in [0.1, 0.15) is 0 Å². The third-order valence-corrected chi connectivity index (χ3v) is 3.73. The first-order valence-electron chi connectivity index (χ1n) is 6.16. The number of hydrogen-bond acceptors (Lipinski definition) is 3. The Morgan fingerprint density at radius 2 is 2.33 bits per heavy atom. The largest absolute Gasteiger partial charge is 0.449 e. The van der Waals surface area contributed by atoms with Crippen molar-refractivity contribution in [1.82, 2.24) is 4.90 Å². The van der Waals surface area contributed by atoms with Crippen LogP contribution in [-0.2, 0) is 4.74 Å². The molecule has 0 bridgehead atoms. The molecular formula is C14H17NO2S. The molecular weight excluding hydrogens is 246 g/mol. The first-order valence-corrected chi connectivity index (χ1v) is 7.04. The molecule has 1 aliphatic heterocycles. The molecule has 1 unspecified atom stereocenters. The van der Waals surface area contributed by atoms with Crippen molar-refractivity contribution in [2.24, 2.45) is 0 Å². The average molecular weight is 263 g/mol. The van der Waals surface area contributed by atoms with E-state index in [1.165, 1.54) is 0 Å². The van der Waals surface area contributed by atoms with Crippen molar-refractivity contribution < 1.29 is 9.53 Å². The quantitative estimate of drug-likeness (QED) is 0.827. The van der Waals surface area contributed by atoms with Gasteiger partial charge in [0.2, 0.25) is 0 Å². The zero-order valence-corrected chi connectivity index (χ0v) is 11.4. The summed E-state index contributed by atoms with van der Waals surface area (Å²) in [7, 11) is 0. The molecule has 4 heteroatoms. The third kappa shape index (κ3) is 2.48. The Kier molecular flexibility index (Phi) is 4.20. The van der Waals surface area contributed by atoms with E-state index in [9.17, 15) is 4.79 Å². The SMILES string of the molecule is CCOC(=O)N1C(c2cccs2)=CC=CC1CC. The number of ether oxygens (including phenoxy) is 1. The minimum atomic E-state index is -0.270. The van der Waals surface area contributed by atoms with Gasteiger partial charge in [-0.2, -0.15) is 0 Å². The van der Waals surface area contributed by atoms with Crippen molar-refractivity contribution in [3.63, 3.8) is 0 Å². The van der Waals surface area contributed by atoms with Crippen LogP contribution in [0.25, 0.3) is 5.70 Å². The van der Waals surface area contributed by atoms with Gasteiger partial charge in [0.05, 0.1) is 23.2 Å². The Morgan fingerprint density at radius 3 is 2.94 bits per heavy atom. The molecule has 1 aromatic rings. The number of carbonyl (C=O) groups excluding carboxylic acids is 1. The van der Waals surface area contributed by atoms with Crippen LogP contribution in [0.15, 0.2) is 35.7 Å². The van der Waals surface area contributed by atoms with Gasteiger partial charge in [-0.15, -0.1) is 11.3 Å². The highest BCUT2D eigenvalue weighted by Crippen LogP contribution is 2.30. The molecule has 0 fully saturated rings. The molecule has 1 aromatic heterocycles. The summed E-state index contributed by atoms with van der Waals surface area (Å²) < 4.78 is 5.16. The molecule has 3 nitrogen and oxygen atoms in total. The second-order valence-electron chi connectivity index (χ2n) is 3.96. The van der Waals surface area contributed by atoms with Crippen LogP contribution in [-0.4, -0.2) is 23.6 Å². The lowest BCUT2D eigenvalue weighted by atomic mass is 10.1. The summed E-state index contributed by atoms with van der Waals surface area (Å²) in [6, 6.07) is 4.09. The fourth-order valence-corrected chi connectivity index (χ4v) is 2.74. The molecule has 96 valence electrons. The van der Waals surface area contributed by atoms with E-state index in [0.717, 1.165) is 17.0 Å². The van der Waals surface area contributed by atoms with E-state index < -0.39 is 0 Å². The van der Waals surface area contributed by atoms with Crippen molar-refractivity contribution in [2.45, 2.75) is 26.3 Å². The summed E-state index contributed by atoms with van der Waals surface area (Å²) in [5.41, 5.74) is 0.929. The molecule has 2 rings (SSSR count). The van der Waals surface area contributed by atoms with Gasteiger partial charge in [0, 0.05) is 0 Å². The molecule has 0 saturated carbocycles. The highest BCUT2D eigenvalue weighted by atomic mass is 32.1. The van der Waals surface area contributed by atoms with Crippen LogP contribution in [0.2, 0.25) is 0 Å². The maximum absolute atomic E-state index is 12.1. The number of nitrogens with zero attached hydrogens (tertiary/aromatic N) is 1. The van der Waals surface area contributed by atoms with Gasteiger partial charge < -0.3 is 4.74 Å². The highest BCUT2D eigenvalue weighted by molar-refractivity contribution is 7.11. The summed E-state index contributed by atoms with van der Waals surface area (Å²) in [4.78, 5) is 14.9. The molecule has 1 atom stereocenters. The summed E-state index contributed by atoms with van der Waals surface area (Å²) in [5.74, 6) is 0. The second kappa shape index (κ2) is 5.87. The average Bonchev–Trinajstić information content (AvgIpc) is 2.91. The summed E-state index contributed by atoms with van der Waals surface area (Å²) in [5, 5.41) is 2.01. The number of rotatable bonds is 3. The van der Waals surface area contributed by atoms with Gasteiger partial charge in [-0.25, -0.2) is 4.79 Å². The lowest BCUT2D eigenvalue weighted by Gasteiger charge is -2.32. The van der Waals surface area contributed by atoms with E-state index in [-0.39, 0.29) is 12.1 Å². The molecule has 2 heterocycles. The standard InChI is InChI=1S/C14H17NO2S/c1-3-11-7-5-8-12(13-9-6-10-18-13)15(11)14(16)17-4-2/h5-11H,3-4H2,1-2H3. The first-order chi connectivity index (χ1) is 8.77. The Morgan fingerprint density at radius 1 is 1.50 bits per heavy atom. The minimum absolute atomic E-state index is 0.0751. The summed E-state index contributed by atoms with van der Waals surface area (Å²) in [6.45, 7) is 4.29. The van der Waals surface area contributed by atoms with Gasteiger partial charge in [-0.3, -0.25) is 4.90 Å². The third-order valence-electron chi connectivity index (χ3n) is 2.83. The van der Waals surface area contributed by atoms with Gasteiger partial charge in [0.15, 0.2) is 0 Å².